The Morgan fingerprint density at radius 2 is 1.69 bits per heavy atom. The van der Waals surface area contributed by atoms with Crippen LogP contribution in [0.1, 0.15) is 6.42 Å². The number of rotatable bonds is 2. The number of carbonyl (C=O) groups is 2. The average Bonchev–Trinajstić information content (AvgIpc) is 2.66. The number of aliphatic hydroxyl groups is 1. The lowest BCUT2D eigenvalue weighted by atomic mass is 9.99. The molecule has 2 fully saturated rings. The second-order valence-corrected chi connectivity index (χ2v) is 3.77. The zero-order chi connectivity index (χ0) is 9.75. The molecule has 5 atom stereocenters. The quantitative estimate of drug-likeness (QED) is 0.535. The summed E-state index contributed by atoms with van der Waals surface area (Å²) in [5, 5.41) is 26.7. The summed E-state index contributed by atoms with van der Waals surface area (Å²) >= 11 is 0. The van der Waals surface area contributed by atoms with Crippen LogP contribution in [0.3, 0.4) is 0 Å². The van der Waals surface area contributed by atoms with Crippen LogP contribution in [0.5, 0.6) is 0 Å². The van der Waals surface area contributed by atoms with E-state index in [0.29, 0.717) is 0 Å². The van der Waals surface area contributed by atoms with Crippen LogP contribution in [0.25, 0.3) is 0 Å². The molecule has 2 saturated carbocycles. The summed E-state index contributed by atoms with van der Waals surface area (Å²) in [6.45, 7) is 0. The fourth-order valence-electron chi connectivity index (χ4n) is 2.54. The van der Waals surface area contributed by atoms with Crippen molar-refractivity contribution >= 4 is 11.9 Å². The number of aliphatic hydroxyl groups excluding tert-OH is 1. The maximum Gasteiger partial charge on any atom is 0.307 e. The third kappa shape index (κ3) is 1.03. The van der Waals surface area contributed by atoms with Crippen molar-refractivity contribution in [2.24, 2.45) is 23.7 Å². The van der Waals surface area contributed by atoms with Crippen LogP contribution in [-0.4, -0.2) is 33.4 Å². The van der Waals surface area contributed by atoms with Crippen LogP contribution in [0.4, 0.5) is 0 Å². The molecule has 0 aromatic heterocycles. The molecule has 5 heteroatoms. The van der Waals surface area contributed by atoms with Gasteiger partial charge in [0.1, 0.15) is 0 Å². The second-order valence-electron chi connectivity index (χ2n) is 3.77. The van der Waals surface area contributed by atoms with Crippen molar-refractivity contribution in [2.75, 3.05) is 0 Å². The van der Waals surface area contributed by atoms with Gasteiger partial charge in [-0.2, -0.15) is 0 Å². The van der Waals surface area contributed by atoms with Gasteiger partial charge in [0.15, 0.2) is 0 Å². The number of hydrogen-bond donors (Lipinski definition) is 3. The monoisotopic (exact) mass is 186 g/mol. The van der Waals surface area contributed by atoms with Crippen molar-refractivity contribution in [1.82, 2.24) is 0 Å². The summed E-state index contributed by atoms with van der Waals surface area (Å²) in [5.41, 5.74) is 0. The van der Waals surface area contributed by atoms with Crippen molar-refractivity contribution in [3.05, 3.63) is 0 Å². The first-order valence-electron chi connectivity index (χ1n) is 4.17. The summed E-state index contributed by atoms with van der Waals surface area (Å²) in [6, 6.07) is 0. The van der Waals surface area contributed by atoms with Crippen LogP contribution in [0.2, 0.25) is 0 Å². The Morgan fingerprint density at radius 3 is 2.08 bits per heavy atom. The molecule has 0 bridgehead atoms. The molecular weight excluding hydrogens is 176 g/mol. The van der Waals surface area contributed by atoms with Crippen molar-refractivity contribution in [1.29, 1.82) is 0 Å². The van der Waals surface area contributed by atoms with Gasteiger partial charge in [-0.1, -0.05) is 0 Å². The van der Waals surface area contributed by atoms with Crippen molar-refractivity contribution in [2.45, 2.75) is 12.5 Å². The van der Waals surface area contributed by atoms with Crippen LogP contribution >= 0.6 is 0 Å². The van der Waals surface area contributed by atoms with E-state index in [1.165, 1.54) is 0 Å². The van der Waals surface area contributed by atoms with Gasteiger partial charge in [0, 0.05) is 5.92 Å². The molecular formula is C8H10O5. The van der Waals surface area contributed by atoms with E-state index in [4.69, 9.17) is 10.2 Å². The van der Waals surface area contributed by atoms with E-state index >= 15 is 0 Å². The molecule has 0 heterocycles. The lowest BCUT2D eigenvalue weighted by Gasteiger charge is -2.09. The molecule has 13 heavy (non-hydrogen) atoms. The third-order valence-corrected chi connectivity index (χ3v) is 3.14. The predicted molar refractivity (Wildman–Crippen MR) is 39.9 cm³/mol. The number of carboxylic acid groups (broad SMARTS) is 2. The third-order valence-electron chi connectivity index (χ3n) is 3.14. The molecule has 0 saturated heterocycles. The maximum absolute atomic E-state index is 10.6. The fraction of sp³-hybridized carbons (Fsp3) is 0.750. The minimum Gasteiger partial charge on any atom is -0.481 e. The Morgan fingerprint density at radius 1 is 1.08 bits per heavy atom. The summed E-state index contributed by atoms with van der Waals surface area (Å²) in [7, 11) is 0. The molecule has 0 amide bonds. The number of carboxylic acids is 2. The highest BCUT2D eigenvalue weighted by molar-refractivity contribution is 5.79. The summed E-state index contributed by atoms with van der Waals surface area (Å²) in [6.07, 6.45) is -0.541. The number of aliphatic carboxylic acids is 2. The van der Waals surface area contributed by atoms with Gasteiger partial charge >= 0.3 is 11.9 Å². The van der Waals surface area contributed by atoms with E-state index in [0.717, 1.165) is 0 Å². The summed E-state index contributed by atoms with van der Waals surface area (Å²) < 4.78 is 0. The summed E-state index contributed by atoms with van der Waals surface area (Å²) in [5.74, 6) is -3.94. The van der Waals surface area contributed by atoms with Crippen LogP contribution in [0, 0.1) is 23.7 Å². The normalized spacial score (nSPS) is 47.0. The molecule has 2 aliphatic rings. The van der Waals surface area contributed by atoms with Crippen molar-refractivity contribution in [3.63, 3.8) is 0 Å². The molecule has 0 aromatic carbocycles. The lowest BCUT2D eigenvalue weighted by Crippen LogP contribution is -2.21. The van der Waals surface area contributed by atoms with Gasteiger partial charge in [-0.05, 0) is 12.3 Å². The maximum atomic E-state index is 10.6. The van der Waals surface area contributed by atoms with Crippen molar-refractivity contribution < 1.29 is 24.9 Å². The molecule has 3 N–H and O–H groups in total. The van der Waals surface area contributed by atoms with Gasteiger partial charge in [-0.15, -0.1) is 0 Å². The fourth-order valence-corrected chi connectivity index (χ4v) is 2.54. The first-order chi connectivity index (χ1) is 6.04. The van der Waals surface area contributed by atoms with E-state index in [9.17, 15) is 14.7 Å². The molecule has 0 radical (unpaired) electrons. The van der Waals surface area contributed by atoms with Gasteiger partial charge < -0.3 is 15.3 Å². The molecule has 0 spiro atoms. The van der Waals surface area contributed by atoms with Gasteiger partial charge in [-0.3, -0.25) is 9.59 Å². The Bertz CT molecular complexity index is 274. The summed E-state index contributed by atoms with van der Waals surface area (Å²) in [4.78, 5) is 21.2. The van der Waals surface area contributed by atoms with E-state index in [1.54, 1.807) is 0 Å². The zero-order valence-electron chi connectivity index (χ0n) is 6.75. The van der Waals surface area contributed by atoms with Gasteiger partial charge in [0.25, 0.3) is 0 Å². The van der Waals surface area contributed by atoms with Crippen molar-refractivity contribution in [3.8, 4) is 0 Å². The smallest absolute Gasteiger partial charge is 0.307 e. The minimum atomic E-state index is -0.990. The highest BCUT2D eigenvalue weighted by atomic mass is 16.4. The molecule has 2 aliphatic carbocycles. The highest BCUT2D eigenvalue weighted by Crippen LogP contribution is 2.60. The lowest BCUT2D eigenvalue weighted by molar-refractivity contribution is -0.144. The topological polar surface area (TPSA) is 94.8 Å². The van der Waals surface area contributed by atoms with E-state index < -0.39 is 29.9 Å². The first-order valence-corrected chi connectivity index (χ1v) is 4.17. The largest absolute Gasteiger partial charge is 0.481 e. The van der Waals surface area contributed by atoms with E-state index in [1.807, 2.05) is 0 Å². The molecule has 0 aliphatic heterocycles. The zero-order valence-corrected chi connectivity index (χ0v) is 6.75. The van der Waals surface area contributed by atoms with Gasteiger partial charge in [0.2, 0.25) is 0 Å². The Labute approximate surface area is 74.0 Å². The minimum absolute atomic E-state index is 0.203. The Balaban J connectivity index is 2.14. The standard InChI is InChI=1S/C8H10O5/c9-3-1-2(7(10)11)4-5(3)6(4)8(12)13/h2-6,9H,1H2,(H,10,11)(H,12,13)/t2-,3-,4?,5?,6+/m0/s1. The van der Waals surface area contributed by atoms with Crippen LogP contribution < -0.4 is 0 Å². The van der Waals surface area contributed by atoms with E-state index in [-0.39, 0.29) is 18.3 Å². The predicted octanol–water partition coefficient (Wildman–Crippen LogP) is -0.601. The molecule has 5 nitrogen and oxygen atoms in total. The molecule has 2 rings (SSSR count). The second kappa shape index (κ2) is 2.45. The van der Waals surface area contributed by atoms with Gasteiger partial charge in [0.05, 0.1) is 17.9 Å². The highest BCUT2D eigenvalue weighted by Gasteiger charge is 2.67. The average molecular weight is 186 g/mol. The van der Waals surface area contributed by atoms with Crippen LogP contribution in [0.15, 0.2) is 0 Å². The molecule has 2 unspecified atom stereocenters. The molecule has 72 valence electrons. The van der Waals surface area contributed by atoms with Crippen LogP contribution in [-0.2, 0) is 9.59 Å². The van der Waals surface area contributed by atoms with E-state index in [2.05, 4.69) is 0 Å². The SMILES string of the molecule is O=C(O)[C@@H]1C2C1[C@@H](O)C[C@@H]2C(=O)O. The van der Waals surface area contributed by atoms with Gasteiger partial charge in [-0.25, -0.2) is 0 Å². The molecule has 0 aromatic rings. The Kier molecular flexibility index (Phi) is 1.60. The number of hydrogen-bond acceptors (Lipinski definition) is 3. The Hall–Kier alpha value is -1.10. The first kappa shape index (κ1) is 8.50. The number of fused-ring (bicyclic) bond motifs is 1.